The van der Waals surface area contributed by atoms with Gasteiger partial charge in [-0.05, 0) is 19.3 Å². The van der Waals surface area contributed by atoms with E-state index in [4.69, 9.17) is 4.74 Å². The van der Waals surface area contributed by atoms with Gasteiger partial charge >= 0.3 is 5.69 Å². The maximum Gasteiger partial charge on any atom is 0.330 e. The Morgan fingerprint density at radius 1 is 1.47 bits per heavy atom. The summed E-state index contributed by atoms with van der Waals surface area (Å²) in [5.41, 5.74) is -1.63. The van der Waals surface area contributed by atoms with Gasteiger partial charge in [0, 0.05) is 11.8 Å². The van der Waals surface area contributed by atoms with Crippen LogP contribution in [0.4, 0.5) is 0 Å². The van der Waals surface area contributed by atoms with Crippen molar-refractivity contribution in [2.24, 2.45) is 5.92 Å². The molecule has 2 rings (SSSR count). The molecule has 0 aromatic carbocycles. The van der Waals surface area contributed by atoms with Gasteiger partial charge in [-0.2, -0.15) is 0 Å². The highest BCUT2D eigenvalue weighted by Gasteiger charge is 2.46. The summed E-state index contributed by atoms with van der Waals surface area (Å²) in [6, 6.07) is 0. The standard InChI is InChI=1S/C12H18N2O5/c1-7-4-14(11(18)13-10(7)17)9-3-8(2)12(5-15,6-16)19-9/h4,8-9,15-16H,3,5-6H2,1-2H3,(H,13,17,18)/t8-,9+/m0/s1. The van der Waals surface area contributed by atoms with E-state index in [2.05, 4.69) is 4.98 Å². The fourth-order valence-electron chi connectivity index (χ4n) is 2.36. The van der Waals surface area contributed by atoms with Gasteiger partial charge in [0.2, 0.25) is 0 Å². The van der Waals surface area contributed by atoms with Crippen LogP contribution in [0.3, 0.4) is 0 Å². The number of aromatic nitrogens is 2. The Bertz CT molecular complexity index is 572. The molecule has 19 heavy (non-hydrogen) atoms. The van der Waals surface area contributed by atoms with Gasteiger partial charge in [0.25, 0.3) is 5.56 Å². The van der Waals surface area contributed by atoms with Crippen molar-refractivity contribution in [2.75, 3.05) is 13.2 Å². The van der Waals surface area contributed by atoms with Crippen molar-refractivity contribution in [3.8, 4) is 0 Å². The van der Waals surface area contributed by atoms with Crippen LogP contribution >= 0.6 is 0 Å². The molecule has 7 nitrogen and oxygen atoms in total. The van der Waals surface area contributed by atoms with Crippen LogP contribution in [0.5, 0.6) is 0 Å². The number of rotatable bonds is 3. The molecule has 0 aliphatic carbocycles. The lowest BCUT2D eigenvalue weighted by atomic mass is 9.90. The number of aromatic amines is 1. The second-order valence-corrected chi connectivity index (χ2v) is 5.07. The molecule has 0 spiro atoms. The first kappa shape index (κ1) is 14.0. The summed E-state index contributed by atoms with van der Waals surface area (Å²) in [6.07, 6.45) is 1.31. The van der Waals surface area contributed by atoms with Crippen LogP contribution in [0.15, 0.2) is 15.8 Å². The zero-order chi connectivity index (χ0) is 14.2. The second-order valence-electron chi connectivity index (χ2n) is 5.07. The Morgan fingerprint density at radius 2 is 2.11 bits per heavy atom. The number of aliphatic hydroxyl groups excluding tert-OH is 2. The lowest BCUT2D eigenvalue weighted by molar-refractivity contribution is -0.134. The highest BCUT2D eigenvalue weighted by atomic mass is 16.6. The number of ether oxygens (including phenoxy) is 1. The minimum atomic E-state index is -1.05. The monoisotopic (exact) mass is 270 g/mol. The van der Waals surface area contributed by atoms with Gasteiger partial charge in [0.05, 0.1) is 13.2 Å². The predicted molar refractivity (Wildman–Crippen MR) is 66.9 cm³/mol. The molecule has 7 heteroatoms. The topological polar surface area (TPSA) is 105 Å². The van der Waals surface area contributed by atoms with E-state index < -0.39 is 23.1 Å². The van der Waals surface area contributed by atoms with Gasteiger partial charge in [-0.25, -0.2) is 4.79 Å². The smallest absolute Gasteiger partial charge is 0.330 e. The maximum atomic E-state index is 11.8. The number of hydrogen-bond donors (Lipinski definition) is 3. The van der Waals surface area contributed by atoms with Crippen LogP contribution in [0.2, 0.25) is 0 Å². The molecule has 106 valence electrons. The van der Waals surface area contributed by atoms with E-state index in [-0.39, 0.29) is 19.1 Å². The minimum Gasteiger partial charge on any atom is -0.393 e. The Hall–Kier alpha value is -1.44. The largest absolute Gasteiger partial charge is 0.393 e. The van der Waals surface area contributed by atoms with Gasteiger partial charge in [0.1, 0.15) is 11.8 Å². The van der Waals surface area contributed by atoms with E-state index in [0.717, 1.165) is 0 Å². The van der Waals surface area contributed by atoms with Crippen LogP contribution in [-0.4, -0.2) is 38.6 Å². The van der Waals surface area contributed by atoms with Gasteiger partial charge in [-0.1, -0.05) is 6.92 Å². The molecule has 1 aromatic heterocycles. The zero-order valence-corrected chi connectivity index (χ0v) is 10.9. The van der Waals surface area contributed by atoms with E-state index in [1.807, 2.05) is 6.92 Å². The Labute approximate surface area is 109 Å². The number of aryl methyl sites for hydroxylation is 1. The molecule has 0 saturated carbocycles. The van der Waals surface area contributed by atoms with Gasteiger partial charge in [-0.15, -0.1) is 0 Å². The summed E-state index contributed by atoms with van der Waals surface area (Å²) >= 11 is 0. The van der Waals surface area contributed by atoms with Gasteiger partial charge in [0.15, 0.2) is 0 Å². The number of H-pyrrole nitrogens is 1. The molecule has 0 bridgehead atoms. The first-order chi connectivity index (χ1) is 8.93. The Morgan fingerprint density at radius 3 is 2.63 bits per heavy atom. The van der Waals surface area contributed by atoms with Crippen molar-refractivity contribution >= 4 is 0 Å². The molecular formula is C12H18N2O5. The summed E-state index contributed by atoms with van der Waals surface area (Å²) in [7, 11) is 0. The fraction of sp³-hybridized carbons (Fsp3) is 0.667. The summed E-state index contributed by atoms with van der Waals surface area (Å²) in [5.74, 6) is -0.105. The molecule has 1 aliphatic rings. The first-order valence-electron chi connectivity index (χ1n) is 6.15. The molecule has 3 N–H and O–H groups in total. The lowest BCUT2D eigenvalue weighted by Crippen LogP contribution is -2.43. The van der Waals surface area contributed by atoms with E-state index in [1.165, 1.54) is 10.8 Å². The highest BCUT2D eigenvalue weighted by Crippen LogP contribution is 2.40. The van der Waals surface area contributed by atoms with Crippen LogP contribution in [0.25, 0.3) is 0 Å². The molecule has 1 aromatic rings. The van der Waals surface area contributed by atoms with Crippen molar-refractivity contribution < 1.29 is 14.9 Å². The SMILES string of the molecule is Cc1cn([C@H]2C[C@H](C)C(CO)(CO)O2)c(=O)[nH]c1=O. The average molecular weight is 270 g/mol. The van der Waals surface area contributed by atoms with E-state index in [9.17, 15) is 19.8 Å². The summed E-state index contributed by atoms with van der Waals surface area (Å²) < 4.78 is 6.95. The molecule has 0 unspecified atom stereocenters. The van der Waals surface area contributed by atoms with Crippen LogP contribution in [0.1, 0.15) is 25.1 Å². The lowest BCUT2D eigenvalue weighted by Gasteiger charge is -2.28. The Kier molecular flexibility index (Phi) is 3.62. The number of aliphatic hydroxyl groups is 2. The van der Waals surface area contributed by atoms with Crippen molar-refractivity contribution in [3.05, 3.63) is 32.6 Å². The molecule has 1 aliphatic heterocycles. The second kappa shape index (κ2) is 4.92. The van der Waals surface area contributed by atoms with Gasteiger partial charge in [-0.3, -0.25) is 14.3 Å². The molecule has 0 radical (unpaired) electrons. The van der Waals surface area contributed by atoms with Gasteiger partial charge < -0.3 is 14.9 Å². The fourth-order valence-corrected chi connectivity index (χ4v) is 2.36. The molecule has 2 heterocycles. The number of nitrogens with zero attached hydrogens (tertiary/aromatic N) is 1. The average Bonchev–Trinajstić information content (AvgIpc) is 2.71. The third-order valence-electron chi connectivity index (χ3n) is 3.82. The first-order valence-corrected chi connectivity index (χ1v) is 6.15. The van der Waals surface area contributed by atoms with E-state index in [0.29, 0.717) is 12.0 Å². The van der Waals surface area contributed by atoms with Crippen LogP contribution in [-0.2, 0) is 4.74 Å². The predicted octanol–water partition coefficient (Wildman–Crippen LogP) is -0.877. The number of hydrogen-bond acceptors (Lipinski definition) is 5. The van der Waals surface area contributed by atoms with Crippen molar-refractivity contribution in [3.63, 3.8) is 0 Å². The number of nitrogens with one attached hydrogen (secondary N) is 1. The van der Waals surface area contributed by atoms with E-state index >= 15 is 0 Å². The van der Waals surface area contributed by atoms with Crippen LogP contribution in [0, 0.1) is 12.8 Å². The normalized spacial score (nSPS) is 25.7. The third-order valence-corrected chi connectivity index (χ3v) is 3.82. The van der Waals surface area contributed by atoms with Crippen molar-refractivity contribution in [1.82, 2.24) is 9.55 Å². The quantitative estimate of drug-likeness (QED) is 0.662. The summed E-state index contributed by atoms with van der Waals surface area (Å²) in [4.78, 5) is 25.3. The summed E-state index contributed by atoms with van der Waals surface area (Å²) in [6.45, 7) is 2.80. The molecule has 0 amide bonds. The van der Waals surface area contributed by atoms with E-state index in [1.54, 1.807) is 6.92 Å². The Balaban J connectivity index is 2.38. The molecule has 1 fully saturated rings. The van der Waals surface area contributed by atoms with Crippen LogP contribution < -0.4 is 11.2 Å². The maximum absolute atomic E-state index is 11.8. The molecule has 1 saturated heterocycles. The van der Waals surface area contributed by atoms with Crippen molar-refractivity contribution in [1.29, 1.82) is 0 Å². The minimum absolute atomic E-state index is 0.105. The molecule has 2 atom stereocenters. The zero-order valence-electron chi connectivity index (χ0n) is 10.9. The third kappa shape index (κ3) is 2.24. The van der Waals surface area contributed by atoms with Crippen molar-refractivity contribution in [2.45, 2.75) is 32.1 Å². The summed E-state index contributed by atoms with van der Waals surface area (Å²) in [5, 5.41) is 18.8. The molecular weight excluding hydrogens is 252 g/mol. The highest BCUT2D eigenvalue weighted by molar-refractivity contribution is 5.03.